The lowest BCUT2D eigenvalue weighted by Crippen LogP contribution is -2.04. The van der Waals surface area contributed by atoms with Gasteiger partial charge in [0.15, 0.2) is 0 Å². The molecule has 1 nitrogen and oxygen atoms in total. The molecule has 9 heavy (non-hydrogen) atoms. The van der Waals surface area contributed by atoms with Gasteiger partial charge in [-0.15, -0.1) is 0 Å². The number of rotatable bonds is 3. The predicted molar refractivity (Wildman–Crippen MR) is 38.1 cm³/mol. The Morgan fingerprint density at radius 1 is 1.33 bits per heavy atom. The van der Waals surface area contributed by atoms with E-state index in [9.17, 15) is 0 Å². The standard InChI is InChI=1S/C8H15O/c1-2-9-7-8-5-3-4-6-8/h8H,1-7H2. The van der Waals surface area contributed by atoms with Crippen LogP contribution >= 0.6 is 0 Å². The Balaban J connectivity index is 1.98. The second-order valence-corrected chi connectivity index (χ2v) is 2.73. The number of ether oxygens (including phenoxy) is 1. The second kappa shape index (κ2) is 3.89. The van der Waals surface area contributed by atoms with Crippen molar-refractivity contribution >= 4 is 0 Å². The summed E-state index contributed by atoms with van der Waals surface area (Å²) in [5.74, 6) is 0.853. The minimum Gasteiger partial charge on any atom is -0.381 e. The van der Waals surface area contributed by atoms with Gasteiger partial charge < -0.3 is 4.74 Å². The van der Waals surface area contributed by atoms with Gasteiger partial charge in [-0.1, -0.05) is 12.8 Å². The fraction of sp³-hybridized carbons (Fsp3) is 0.875. The Bertz CT molecular complexity index is 65.0. The van der Waals surface area contributed by atoms with E-state index in [0.717, 1.165) is 12.5 Å². The molecule has 0 aromatic carbocycles. The largest absolute Gasteiger partial charge is 0.381 e. The molecule has 1 rings (SSSR count). The summed E-state index contributed by atoms with van der Waals surface area (Å²) in [6.45, 7) is 5.21. The highest BCUT2D eigenvalue weighted by molar-refractivity contribution is 4.66. The van der Waals surface area contributed by atoms with Crippen molar-refractivity contribution in [1.82, 2.24) is 0 Å². The Labute approximate surface area is 57.4 Å². The molecule has 0 saturated heterocycles. The van der Waals surface area contributed by atoms with Gasteiger partial charge in [0.1, 0.15) is 0 Å². The lowest BCUT2D eigenvalue weighted by Gasteiger charge is -2.06. The first-order valence-corrected chi connectivity index (χ1v) is 3.80. The van der Waals surface area contributed by atoms with Crippen LogP contribution in [-0.4, -0.2) is 13.2 Å². The van der Waals surface area contributed by atoms with Crippen LogP contribution in [0.2, 0.25) is 0 Å². The van der Waals surface area contributed by atoms with Crippen LogP contribution in [-0.2, 0) is 4.74 Å². The minimum atomic E-state index is 0.635. The molecule has 1 radical (unpaired) electrons. The van der Waals surface area contributed by atoms with Gasteiger partial charge in [0, 0.05) is 13.2 Å². The predicted octanol–water partition coefficient (Wildman–Crippen LogP) is 2.03. The fourth-order valence-corrected chi connectivity index (χ4v) is 1.43. The molecule has 0 aromatic rings. The topological polar surface area (TPSA) is 9.23 Å². The highest BCUT2D eigenvalue weighted by Gasteiger charge is 2.13. The zero-order chi connectivity index (χ0) is 6.53. The van der Waals surface area contributed by atoms with Crippen molar-refractivity contribution in [3.05, 3.63) is 6.92 Å². The normalized spacial score (nSPS) is 21.0. The third-order valence-corrected chi connectivity index (χ3v) is 1.97. The molecule has 0 amide bonds. The molecular formula is C8H15O. The van der Waals surface area contributed by atoms with Crippen LogP contribution in [0, 0.1) is 12.8 Å². The van der Waals surface area contributed by atoms with E-state index in [-0.39, 0.29) is 0 Å². The number of hydrogen-bond acceptors (Lipinski definition) is 1. The molecule has 53 valence electrons. The zero-order valence-corrected chi connectivity index (χ0v) is 5.94. The zero-order valence-electron chi connectivity index (χ0n) is 5.94. The van der Waals surface area contributed by atoms with E-state index in [1.54, 1.807) is 0 Å². The van der Waals surface area contributed by atoms with Crippen molar-refractivity contribution < 1.29 is 4.74 Å². The third kappa shape index (κ3) is 2.35. The van der Waals surface area contributed by atoms with Gasteiger partial charge >= 0.3 is 0 Å². The Morgan fingerprint density at radius 2 is 2.00 bits per heavy atom. The quantitative estimate of drug-likeness (QED) is 0.563. The molecule has 1 heteroatoms. The van der Waals surface area contributed by atoms with Crippen LogP contribution in [0.5, 0.6) is 0 Å². The summed E-state index contributed by atoms with van der Waals surface area (Å²) in [5, 5.41) is 0. The first-order chi connectivity index (χ1) is 4.43. The molecule has 1 aliphatic carbocycles. The molecule has 0 aliphatic heterocycles. The van der Waals surface area contributed by atoms with Crippen molar-refractivity contribution in [2.45, 2.75) is 25.7 Å². The molecule has 1 saturated carbocycles. The van der Waals surface area contributed by atoms with Gasteiger partial charge in [-0.2, -0.15) is 0 Å². The monoisotopic (exact) mass is 127 g/mol. The summed E-state index contributed by atoms with van der Waals surface area (Å²) >= 11 is 0. The summed E-state index contributed by atoms with van der Waals surface area (Å²) < 4.78 is 5.21. The molecule has 0 heterocycles. The van der Waals surface area contributed by atoms with E-state index in [1.807, 2.05) is 0 Å². The van der Waals surface area contributed by atoms with Gasteiger partial charge in [0.25, 0.3) is 0 Å². The maximum absolute atomic E-state index is 5.21. The van der Waals surface area contributed by atoms with Crippen LogP contribution in [0.3, 0.4) is 0 Å². The average molecular weight is 127 g/mol. The first-order valence-electron chi connectivity index (χ1n) is 3.80. The fourth-order valence-electron chi connectivity index (χ4n) is 1.43. The van der Waals surface area contributed by atoms with Crippen molar-refractivity contribution in [1.29, 1.82) is 0 Å². The Hall–Kier alpha value is -0.0400. The smallest absolute Gasteiger partial charge is 0.0494 e. The van der Waals surface area contributed by atoms with E-state index < -0.39 is 0 Å². The van der Waals surface area contributed by atoms with Crippen molar-refractivity contribution in [3.63, 3.8) is 0 Å². The van der Waals surface area contributed by atoms with E-state index in [1.165, 1.54) is 25.7 Å². The SMILES string of the molecule is [CH2]COCC1CCCC1. The van der Waals surface area contributed by atoms with Gasteiger partial charge in [-0.3, -0.25) is 0 Å². The Kier molecular flexibility index (Phi) is 3.05. The lowest BCUT2D eigenvalue weighted by molar-refractivity contribution is 0.124. The molecule has 0 unspecified atom stereocenters. The molecule has 1 fully saturated rings. The van der Waals surface area contributed by atoms with Crippen molar-refractivity contribution in [2.75, 3.05) is 13.2 Å². The van der Waals surface area contributed by atoms with E-state index in [0.29, 0.717) is 6.61 Å². The summed E-state index contributed by atoms with van der Waals surface area (Å²) in [5.41, 5.74) is 0. The van der Waals surface area contributed by atoms with Gasteiger partial charge in [-0.25, -0.2) is 0 Å². The van der Waals surface area contributed by atoms with E-state index >= 15 is 0 Å². The summed E-state index contributed by atoms with van der Waals surface area (Å²) in [6.07, 6.45) is 5.57. The van der Waals surface area contributed by atoms with Crippen molar-refractivity contribution in [3.8, 4) is 0 Å². The van der Waals surface area contributed by atoms with E-state index in [2.05, 4.69) is 6.92 Å². The first kappa shape index (κ1) is 7.07. The minimum absolute atomic E-state index is 0.635. The van der Waals surface area contributed by atoms with Gasteiger partial charge in [0.2, 0.25) is 0 Å². The van der Waals surface area contributed by atoms with Gasteiger partial charge in [-0.05, 0) is 25.7 Å². The molecule has 0 spiro atoms. The maximum atomic E-state index is 5.21. The number of hydrogen-bond donors (Lipinski definition) is 0. The van der Waals surface area contributed by atoms with Gasteiger partial charge in [0.05, 0.1) is 0 Å². The van der Waals surface area contributed by atoms with Crippen molar-refractivity contribution in [2.24, 2.45) is 5.92 Å². The molecule has 0 aromatic heterocycles. The molecular weight excluding hydrogens is 112 g/mol. The lowest BCUT2D eigenvalue weighted by atomic mass is 10.1. The van der Waals surface area contributed by atoms with Crippen LogP contribution in [0.4, 0.5) is 0 Å². The Morgan fingerprint density at radius 3 is 2.56 bits per heavy atom. The van der Waals surface area contributed by atoms with Crippen LogP contribution in [0.25, 0.3) is 0 Å². The summed E-state index contributed by atoms with van der Waals surface area (Å²) in [4.78, 5) is 0. The molecule has 0 atom stereocenters. The highest BCUT2D eigenvalue weighted by Crippen LogP contribution is 2.24. The summed E-state index contributed by atoms with van der Waals surface area (Å²) in [7, 11) is 0. The third-order valence-electron chi connectivity index (χ3n) is 1.97. The maximum Gasteiger partial charge on any atom is 0.0494 e. The van der Waals surface area contributed by atoms with Crippen LogP contribution in [0.15, 0.2) is 0 Å². The van der Waals surface area contributed by atoms with E-state index in [4.69, 9.17) is 4.74 Å². The highest BCUT2D eigenvalue weighted by atomic mass is 16.5. The second-order valence-electron chi connectivity index (χ2n) is 2.73. The average Bonchev–Trinajstić information content (AvgIpc) is 2.34. The van der Waals surface area contributed by atoms with Crippen LogP contribution < -0.4 is 0 Å². The molecule has 0 N–H and O–H groups in total. The molecule has 0 bridgehead atoms. The molecule has 1 aliphatic rings. The van der Waals surface area contributed by atoms with Crippen LogP contribution in [0.1, 0.15) is 25.7 Å². The summed E-state index contributed by atoms with van der Waals surface area (Å²) in [6, 6.07) is 0.